The topological polar surface area (TPSA) is 42.7 Å². The van der Waals surface area contributed by atoms with E-state index in [9.17, 15) is 4.79 Å². The van der Waals surface area contributed by atoms with Gasteiger partial charge in [-0.05, 0) is 29.8 Å². The predicted octanol–water partition coefficient (Wildman–Crippen LogP) is 4.54. The van der Waals surface area contributed by atoms with Gasteiger partial charge in [0.05, 0.1) is 17.8 Å². The average molecular weight is 356 g/mol. The molecule has 1 heterocycles. The molecule has 2 aromatic carbocycles. The summed E-state index contributed by atoms with van der Waals surface area (Å²) in [6, 6.07) is 20.6. The van der Waals surface area contributed by atoms with Crippen LogP contribution in [0.5, 0.6) is 5.75 Å². The van der Waals surface area contributed by atoms with Crippen molar-refractivity contribution in [2.45, 2.75) is 13.1 Å². The molecule has 0 N–H and O–H groups in total. The molecule has 0 bridgehead atoms. The van der Waals surface area contributed by atoms with E-state index in [1.807, 2.05) is 48.5 Å². The molecule has 0 atom stereocenters. The predicted molar refractivity (Wildman–Crippen MR) is 96.4 cm³/mol. The summed E-state index contributed by atoms with van der Waals surface area (Å²) in [6.45, 7) is 0.774. The van der Waals surface area contributed by atoms with Gasteiger partial charge in [-0.2, -0.15) is 0 Å². The molecule has 0 fully saturated rings. The summed E-state index contributed by atoms with van der Waals surface area (Å²) in [5.41, 5.74) is 1.04. The largest absolute Gasteiger partial charge is 0.482 e. The van der Waals surface area contributed by atoms with Crippen LogP contribution in [0.3, 0.4) is 0 Å². The molecule has 0 unspecified atom stereocenters. The Hall–Kier alpha value is -2.72. The number of carbonyl (C=O) groups excluding carboxylic acids is 1. The number of halogens is 1. The third-order valence-corrected chi connectivity index (χ3v) is 4.00. The summed E-state index contributed by atoms with van der Waals surface area (Å²) in [5, 5.41) is 0.482. The zero-order valence-corrected chi connectivity index (χ0v) is 14.4. The summed E-state index contributed by atoms with van der Waals surface area (Å²) in [7, 11) is 0. The highest BCUT2D eigenvalue weighted by Gasteiger charge is 2.17. The minimum absolute atomic E-state index is 0.0860. The van der Waals surface area contributed by atoms with Gasteiger partial charge in [0.2, 0.25) is 0 Å². The van der Waals surface area contributed by atoms with E-state index in [2.05, 4.69) is 0 Å². The third-order valence-electron chi connectivity index (χ3n) is 3.68. The highest BCUT2D eigenvalue weighted by molar-refractivity contribution is 6.32. The zero-order chi connectivity index (χ0) is 17.5. The highest BCUT2D eigenvalue weighted by atomic mass is 35.5. The van der Waals surface area contributed by atoms with E-state index in [1.54, 1.807) is 29.4 Å². The van der Waals surface area contributed by atoms with E-state index in [1.165, 1.54) is 0 Å². The smallest absolute Gasteiger partial charge is 0.261 e. The summed E-state index contributed by atoms with van der Waals surface area (Å²) in [4.78, 5) is 14.4. The maximum atomic E-state index is 12.7. The molecule has 0 spiro atoms. The van der Waals surface area contributed by atoms with Gasteiger partial charge in [-0.3, -0.25) is 4.79 Å². The summed E-state index contributed by atoms with van der Waals surface area (Å²) < 4.78 is 11.0. The molecule has 1 amide bonds. The second kappa shape index (κ2) is 8.40. The van der Waals surface area contributed by atoms with Gasteiger partial charge in [-0.25, -0.2) is 0 Å². The van der Waals surface area contributed by atoms with Gasteiger partial charge in [0.25, 0.3) is 5.91 Å². The van der Waals surface area contributed by atoms with Crippen LogP contribution in [0, 0.1) is 0 Å². The lowest BCUT2D eigenvalue weighted by molar-refractivity contribution is -0.134. The van der Waals surface area contributed by atoms with Crippen LogP contribution >= 0.6 is 11.6 Å². The molecule has 1 aromatic heterocycles. The van der Waals surface area contributed by atoms with Crippen LogP contribution in [-0.4, -0.2) is 17.4 Å². The first-order valence-electron chi connectivity index (χ1n) is 7.94. The van der Waals surface area contributed by atoms with Gasteiger partial charge < -0.3 is 14.1 Å². The lowest BCUT2D eigenvalue weighted by Crippen LogP contribution is -2.34. The van der Waals surface area contributed by atoms with Crippen LogP contribution in [0.15, 0.2) is 77.4 Å². The lowest BCUT2D eigenvalue weighted by Gasteiger charge is -2.22. The minimum atomic E-state index is -0.139. The van der Waals surface area contributed by atoms with Gasteiger partial charge in [0, 0.05) is 6.54 Å². The monoisotopic (exact) mass is 355 g/mol. The molecular weight excluding hydrogens is 338 g/mol. The molecule has 25 heavy (non-hydrogen) atoms. The molecule has 0 radical (unpaired) electrons. The normalized spacial score (nSPS) is 10.4. The van der Waals surface area contributed by atoms with Crippen molar-refractivity contribution < 1.29 is 13.9 Å². The number of hydrogen-bond donors (Lipinski definition) is 0. The first-order valence-corrected chi connectivity index (χ1v) is 8.31. The first-order chi connectivity index (χ1) is 12.2. The van der Waals surface area contributed by atoms with E-state index in [4.69, 9.17) is 20.8 Å². The van der Waals surface area contributed by atoms with Crippen LogP contribution < -0.4 is 4.74 Å². The van der Waals surface area contributed by atoms with Crippen molar-refractivity contribution in [1.82, 2.24) is 4.90 Å². The van der Waals surface area contributed by atoms with Gasteiger partial charge in [-0.15, -0.1) is 0 Å². The van der Waals surface area contributed by atoms with E-state index in [-0.39, 0.29) is 12.5 Å². The van der Waals surface area contributed by atoms with E-state index in [0.717, 1.165) is 11.3 Å². The van der Waals surface area contributed by atoms with Gasteiger partial charge in [0.1, 0.15) is 11.5 Å². The van der Waals surface area contributed by atoms with Crippen molar-refractivity contribution in [1.29, 1.82) is 0 Å². The minimum Gasteiger partial charge on any atom is -0.482 e. The maximum absolute atomic E-state index is 12.7. The van der Waals surface area contributed by atoms with Gasteiger partial charge >= 0.3 is 0 Å². The van der Waals surface area contributed by atoms with E-state index in [0.29, 0.717) is 23.9 Å². The van der Waals surface area contributed by atoms with Crippen molar-refractivity contribution in [2.24, 2.45) is 0 Å². The molecule has 0 saturated carbocycles. The Balaban J connectivity index is 1.69. The molecule has 0 aliphatic rings. The van der Waals surface area contributed by atoms with Gasteiger partial charge in [0.15, 0.2) is 6.61 Å². The number of benzene rings is 2. The second-order valence-corrected chi connectivity index (χ2v) is 5.94. The van der Waals surface area contributed by atoms with Crippen LogP contribution in [0.2, 0.25) is 5.02 Å². The zero-order valence-electron chi connectivity index (χ0n) is 13.6. The van der Waals surface area contributed by atoms with Crippen molar-refractivity contribution in [2.75, 3.05) is 6.61 Å². The molecule has 3 aromatic rings. The van der Waals surface area contributed by atoms with E-state index < -0.39 is 0 Å². The van der Waals surface area contributed by atoms with Crippen molar-refractivity contribution in [3.8, 4) is 5.75 Å². The number of hydrogen-bond acceptors (Lipinski definition) is 3. The second-order valence-electron chi connectivity index (χ2n) is 5.53. The Labute approximate surface area is 151 Å². The molecule has 3 rings (SSSR count). The summed E-state index contributed by atoms with van der Waals surface area (Å²) >= 11 is 6.07. The fraction of sp³-hybridized carbons (Fsp3) is 0.150. The van der Waals surface area contributed by atoms with Crippen LogP contribution in [0.1, 0.15) is 11.3 Å². The fourth-order valence-corrected chi connectivity index (χ4v) is 2.61. The number of rotatable bonds is 7. The van der Waals surface area contributed by atoms with Crippen molar-refractivity contribution >= 4 is 17.5 Å². The maximum Gasteiger partial charge on any atom is 0.261 e. The number of carbonyl (C=O) groups is 1. The first kappa shape index (κ1) is 17.1. The lowest BCUT2D eigenvalue weighted by atomic mass is 10.2. The highest BCUT2D eigenvalue weighted by Crippen LogP contribution is 2.23. The molecule has 0 saturated heterocycles. The number of ether oxygens (including phenoxy) is 1. The third kappa shape index (κ3) is 4.88. The molecule has 0 aliphatic heterocycles. The van der Waals surface area contributed by atoms with Gasteiger partial charge in [-0.1, -0.05) is 54.1 Å². The number of amides is 1. The Bertz CT molecular complexity index is 803. The average Bonchev–Trinajstić information content (AvgIpc) is 3.14. The Morgan fingerprint density at radius 2 is 1.72 bits per heavy atom. The van der Waals surface area contributed by atoms with Crippen LogP contribution in [0.25, 0.3) is 0 Å². The van der Waals surface area contributed by atoms with Crippen molar-refractivity contribution in [3.05, 3.63) is 89.3 Å². The standard InChI is InChI=1S/C20H18ClNO3/c21-18-10-4-5-11-19(18)25-15-20(23)22(14-17-9-6-12-24-17)13-16-7-2-1-3-8-16/h1-12H,13-15H2. The summed E-state index contributed by atoms with van der Waals surface area (Å²) in [5.74, 6) is 1.08. The molecule has 5 heteroatoms. The fourth-order valence-electron chi connectivity index (χ4n) is 2.42. The van der Waals surface area contributed by atoms with Crippen LogP contribution in [-0.2, 0) is 17.9 Å². The SMILES string of the molecule is O=C(COc1ccccc1Cl)N(Cc1ccccc1)Cc1ccco1. The molecule has 4 nitrogen and oxygen atoms in total. The Morgan fingerprint density at radius 3 is 2.44 bits per heavy atom. The number of furan rings is 1. The molecule has 0 aliphatic carbocycles. The summed E-state index contributed by atoms with van der Waals surface area (Å²) in [6.07, 6.45) is 1.60. The number of para-hydroxylation sites is 1. The Morgan fingerprint density at radius 1 is 0.960 bits per heavy atom. The Kier molecular flexibility index (Phi) is 5.75. The molecule has 128 valence electrons. The van der Waals surface area contributed by atoms with E-state index >= 15 is 0 Å². The van der Waals surface area contributed by atoms with Crippen molar-refractivity contribution in [3.63, 3.8) is 0 Å². The quantitative estimate of drug-likeness (QED) is 0.624. The molecular formula is C20H18ClNO3. The van der Waals surface area contributed by atoms with Crippen LogP contribution in [0.4, 0.5) is 0 Å². The number of nitrogens with zero attached hydrogens (tertiary/aromatic N) is 1.